The van der Waals surface area contributed by atoms with Crippen molar-refractivity contribution in [3.63, 3.8) is 0 Å². The second kappa shape index (κ2) is 18.4. The van der Waals surface area contributed by atoms with E-state index in [0.717, 1.165) is 19.1 Å². The van der Waals surface area contributed by atoms with E-state index in [1.165, 1.54) is 0 Å². The fraction of sp³-hybridized carbons (Fsp3) is 0.0312. The first-order valence-corrected chi connectivity index (χ1v) is 11.5. The minimum absolute atomic E-state index is 0. The van der Waals surface area contributed by atoms with Crippen molar-refractivity contribution < 1.29 is 70.1 Å². The first-order valence-electron chi connectivity index (χ1n) is 11.5. The monoisotopic (exact) mass is 657 g/mol. The third-order valence-electron chi connectivity index (χ3n) is 4.76. The quantitative estimate of drug-likeness (QED) is 0.179. The van der Waals surface area contributed by atoms with Crippen molar-refractivity contribution in [3.05, 3.63) is 156 Å². The summed E-state index contributed by atoms with van der Waals surface area (Å²) in [5.74, 6) is -2.14. The summed E-state index contributed by atoms with van der Waals surface area (Å²) >= 11 is 0. The molecule has 0 aliphatic rings. The maximum Gasteiger partial charge on any atom is 3.00 e. The minimum Gasteiger partial charge on any atom is -0.872 e. The number of carboxylic acids is 1. The predicted octanol–water partition coefficient (Wildman–Crippen LogP) is 3.30. The third kappa shape index (κ3) is 12.9. The molecule has 0 unspecified atom stereocenters. The molecule has 0 heterocycles. The van der Waals surface area contributed by atoms with Crippen LogP contribution in [0.4, 0.5) is 0 Å². The van der Waals surface area contributed by atoms with Crippen LogP contribution in [-0.2, 0) is 4.79 Å². The zero-order valence-corrected chi connectivity index (χ0v) is 23.7. The van der Waals surface area contributed by atoms with Crippen LogP contribution in [0.25, 0.3) is 11.5 Å². The molecule has 7 heteroatoms. The summed E-state index contributed by atoms with van der Waals surface area (Å²) in [7, 11) is 0. The molecule has 0 aliphatic heterocycles. The van der Waals surface area contributed by atoms with Gasteiger partial charge in [0.05, 0.1) is 0 Å². The predicted molar refractivity (Wildman–Crippen MR) is 141 cm³/mol. The van der Waals surface area contributed by atoms with Gasteiger partial charge in [0.1, 0.15) is 0 Å². The molecule has 39 heavy (non-hydrogen) atoms. The van der Waals surface area contributed by atoms with Gasteiger partial charge in [0, 0.05) is 17.1 Å². The molecular formula is C32H25O6Sm. The van der Waals surface area contributed by atoms with Crippen molar-refractivity contribution >= 4 is 29.1 Å². The molecule has 0 fully saturated rings. The van der Waals surface area contributed by atoms with Crippen LogP contribution in [0, 0.1) is 40.4 Å². The molecule has 0 aromatic heterocycles. The summed E-state index contributed by atoms with van der Waals surface area (Å²) in [4.78, 5) is 32.4. The Bertz CT molecular complexity index is 1260. The molecule has 0 saturated heterocycles. The maximum absolute atomic E-state index is 11.8. The normalized spacial score (nSPS) is 10.4. The largest absolute Gasteiger partial charge is 3.00 e. The Hall–Kier alpha value is -3.89. The van der Waals surface area contributed by atoms with Crippen LogP contribution >= 0.6 is 0 Å². The Kier molecular flexibility index (Phi) is 15.6. The molecule has 0 saturated carbocycles. The molecule has 0 aliphatic carbocycles. The van der Waals surface area contributed by atoms with Gasteiger partial charge >= 0.3 is 40.4 Å². The summed E-state index contributed by atoms with van der Waals surface area (Å²) in [5, 5.41) is 32.4. The van der Waals surface area contributed by atoms with Gasteiger partial charge in [-0.05, 0) is 30.2 Å². The van der Waals surface area contributed by atoms with E-state index in [9.17, 15) is 19.8 Å². The number of hydrogen-bond donors (Lipinski definition) is 0. The second-order valence-corrected chi connectivity index (χ2v) is 7.70. The van der Waals surface area contributed by atoms with E-state index in [1.807, 2.05) is 24.3 Å². The first kappa shape index (κ1) is 33.1. The van der Waals surface area contributed by atoms with E-state index in [4.69, 9.17) is 9.90 Å². The average molecular weight is 656 g/mol. The van der Waals surface area contributed by atoms with Crippen molar-refractivity contribution in [1.82, 2.24) is 0 Å². The fourth-order valence-electron chi connectivity index (χ4n) is 2.98. The molecule has 4 aromatic carbocycles. The van der Waals surface area contributed by atoms with Crippen molar-refractivity contribution in [1.29, 1.82) is 0 Å². The molecule has 0 atom stereocenters. The molecular weight excluding hydrogens is 631 g/mol. The molecule has 195 valence electrons. The van der Waals surface area contributed by atoms with Crippen LogP contribution in [0.3, 0.4) is 0 Å². The molecule has 0 spiro atoms. The number of rotatable bonds is 6. The number of aliphatic carboxylic acids is 1. The number of allylic oxidation sites excluding steroid dienone is 2. The Labute approximate surface area is 260 Å². The summed E-state index contributed by atoms with van der Waals surface area (Å²) in [6.07, 6.45) is 2.26. The van der Waals surface area contributed by atoms with E-state index in [1.54, 1.807) is 97.1 Å². The van der Waals surface area contributed by atoms with Crippen LogP contribution in [0.1, 0.15) is 38.8 Å². The summed E-state index contributed by atoms with van der Waals surface area (Å²) in [6, 6.07) is 35.0. The van der Waals surface area contributed by atoms with Crippen molar-refractivity contribution in [2.75, 3.05) is 0 Å². The van der Waals surface area contributed by atoms with Crippen LogP contribution in [-0.4, -0.2) is 17.5 Å². The fourth-order valence-corrected chi connectivity index (χ4v) is 2.98. The molecule has 0 amide bonds. The maximum atomic E-state index is 11.8. The van der Waals surface area contributed by atoms with Gasteiger partial charge in [-0.2, -0.15) is 0 Å². The molecule has 4 rings (SSSR count). The molecule has 0 N–H and O–H groups in total. The Morgan fingerprint density at radius 3 is 0.897 bits per heavy atom. The zero-order chi connectivity index (χ0) is 27.8. The Morgan fingerprint density at radius 2 is 0.667 bits per heavy atom. The van der Waals surface area contributed by atoms with Crippen molar-refractivity contribution in [2.45, 2.75) is 6.92 Å². The summed E-state index contributed by atoms with van der Waals surface area (Å²) in [5.41, 5.74) is 2.10. The second-order valence-electron chi connectivity index (χ2n) is 7.70. The number of hydrogen-bond acceptors (Lipinski definition) is 6. The van der Waals surface area contributed by atoms with Gasteiger partial charge < -0.3 is 20.1 Å². The number of carbonyl (C=O) groups excluding carboxylic acids is 3. The number of carbonyl (C=O) groups is 3. The summed E-state index contributed by atoms with van der Waals surface area (Å²) in [6.45, 7) is 0.972. The van der Waals surface area contributed by atoms with E-state index < -0.39 is 5.97 Å². The summed E-state index contributed by atoms with van der Waals surface area (Å²) < 4.78 is 0. The SMILES string of the molecule is CC(=O)[O-].O=C(/C=C(\[O-])c1ccccc1)c1ccccc1.O=C(/C=C(\[O-])c1ccccc1)c1ccccc1.[Sm+3]. The van der Waals surface area contributed by atoms with Crippen LogP contribution in [0.2, 0.25) is 0 Å². The molecule has 1 radical (unpaired) electrons. The standard InChI is InChI=1S/2C15H12O2.C2H4O2.Sm/c2*16-14(12-7-3-1-4-8-12)11-15(17)13-9-5-2-6-10-13;1-2(3)4;/h2*1-11,16H;1H3,(H,3,4);/q;;;+3/p-3/b2*14-11-;;. The smallest absolute Gasteiger partial charge is 0.872 e. The van der Waals surface area contributed by atoms with Gasteiger partial charge in [-0.3, -0.25) is 9.59 Å². The van der Waals surface area contributed by atoms with E-state index >= 15 is 0 Å². The van der Waals surface area contributed by atoms with Gasteiger partial charge in [0.15, 0.2) is 11.6 Å². The van der Waals surface area contributed by atoms with Crippen LogP contribution in [0.15, 0.2) is 133 Å². The van der Waals surface area contributed by atoms with Gasteiger partial charge in [0.25, 0.3) is 0 Å². The van der Waals surface area contributed by atoms with Gasteiger partial charge in [-0.15, -0.1) is 0 Å². The zero-order valence-electron chi connectivity index (χ0n) is 21.1. The van der Waals surface area contributed by atoms with Crippen molar-refractivity contribution in [3.8, 4) is 0 Å². The first-order chi connectivity index (χ1) is 18.3. The van der Waals surface area contributed by atoms with E-state index in [2.05, 4.69) is 0 Å². The number of ketones is 2. The number of benzene rings is 4. The topological polar surface area (TPSA) is 120 Å². The number of carboxylic acid groups (broad SMARTS) is 1. The van der Waals surface area contributed by atoms with Crippen molar-refractivity contribution in [2.24, 2.45) is 0 Å². The minimum atomic E-state index is -1.08. The van der Waals surface area contributed by atoms with E-state index in [-0.39, 0.29) is 63.5 Å². The van der Waals surface area contributed by atoms with Gasteiger partial charge in [-0.1, -0.05) is 133 Å². The Balaban J connectivity index is 0.000000336. The van der Waals surface area contributed by atoms with Gasteiger partial charge in [0.2, 0.25) is 0 Å². The average Bonchev–Trinajstić information content (AvgIpc) is 2.95. The van der Waals surface area contributed by atoms with E-state index in [0.29, 0.717) is 22.3 Å². The van der Waals surface area contributed by atoms with Crippen LogP contribution < -0.4 is 15.3 Å². The van der Waals surface area contributed by atoms with Crippen LogP contribution in [0.5, 0.6) is 0 Å². The molecule has 4 aromatic rings. The third-order valence-corrected chi connectivity index (χ3v) is 4.76. The molecule has 0 bridgehead atoms. The Morgan fingerprint density at radius 1 is 0.462 bits per heavy atom. The molecule has 6 nitrogen and oxygen atoms in total. The van der Waals surface area contributed by atoms with Gasteiger partial charge in [-0.25, -0.2) is 0 Å².